The lowest BCUT2D eigenvalue weighted by Gasteiger charge is -2.33. The van der Waals surface area contributed by atoms with Crippen LogP contribution in [0.5, 0.6) is 0 Å². The molecule has 0 amide bonds. The van der Waals surface area contributed by atoms with Crippen molar-refractivity contribution in [2.45, 2.75) is 25.0 Å². The van der Waals surface area contributed by atoms with Crippen molar-refractivity contribution in [1.29, 1.82) is 0 Å². The molecule has 2 aliphatic heterocycles. The number of para-hydroxylation sites is 1. The first kappa shape index (κ1) is 21.3. The van der Waals surface area contributed by atoms with Gasteiger partial charge >= 0.3 is 0 Å². The van der Waals surface area contributed by atoms with Crippen molar-refractivity contribution in [2.75, 3.05) is 56.7 Å². The quantitative estimate of drug-likeness (QED) is 0.518. The third-order valence-corrected chi connectivity index (χ3v) is 6.90. The molecule has 0 spiro atoms. The molecule has 5 rings (SSSR count). The second kappa shape index (κ2) is 9.53. The minimum absolute atomic E-state index is 0.0538. The van der Waals surface area contributed by atoms with Crippen molar-refractivity contribution in [2.24, 2.45) is 0 Å². The fraction of sp³-hybridized carbons (Fsp3) is 0.500. The predicted molar refractivity (Wildman–Crippen MR) is 127 cm³/mol. The largest absolute Gasteiger partial charge is 0.382 e. The summed E-state index contributed by atoms with van der Waals surface area (Å²) in [4.78, 5) is 28.0. The van der Waals surface area contributed by atoms with Crippen LogP contribution in [0.4, 0.5) is 11.8 Å². The topological polar surface area (TPSA) is 104 Å². The summed E-state index contributed by atoms with van der Waals surface area (Å²) in [5.74, 6) is 1.14. The maximum absolute atomic E-state index is 13.4. The number of benzene rings is 1. The van der Waals surface area contributed by atoms with Crippen molar-refractivity contribution in [3.8, 4) is 10.6 Å². The summed E-state index contributed by atoms with van der Waals surface area (Å²) in [5, 5.41) is 7.64. The Hall–Kier alpha value is -2.53. The van der Waals surface area contributed by atoms with Gasteiger partial charge < -0.3 is 25.0 Å². The van der Waals surface area contributed by atoms with E-state index in [0.717, 1.165) is 36.1 Å². The molecule has 1 aromatic carbocycles. The summed E-state index contributed by atoms with van der Waals surface area (Å²) < 4.78 is 12.1. The highest BCUT2D eigenvalue weighted by Crippen LogP contribution is 2.32. The van der Waals surface area contributed by atoms with Crippen molar-refractivity contribution >= 4 is 33.3 Å². The van der Waals surface area contributed by atoms with E-state index in [1.54, 1.807) is 7.11 Å². The van der Waals surface area contributed by atoms with Crippen LogP contribution >= 0.6 is 11.3 Å². The second-order valence-electron chi connectivity index (χ2n) is 8.18. The van der Waals surface area contributed by atoms with E-state index in [2.05, 4.69) is 20.5 Å². The number of aromatic amines is 1. The number of morpholine rings is 1. The first-order chi connectivity index (χ1) is 15.7. The standard InChI is InChI=1S/C22H28N6O3S/c1-30-13-15-12-28(9-10-31-15)22-26-19(24-14-5-4-8-23-11-14)18(20(29)27-22)21-25-16-6-2-3-7-17(16)32-21/h2-3,6-7,14-15,23H,4-5,8-13H2,1H3,(H2,24,26,27,29)/t14-,15?/m1/s1. The lowest BCUT2D eigenvalue weighted by atomic mass is 10.1. The minimum Gasteiger partial charge on any atom is -0.382 e. The van der Waals surface area contributed by atoms with Crippen LogP contribution in [0, 0.1) is 0 Å². The van der Waals surface area contributed by atoms with Crippen LogP contribution in [0.1, 0.15) is 12.8 Å². The number of H-pyrrole nitrogens is 1. The van der Waals surface area contributed by atoms with Gasteiger partial charge in [-0.25, -0.2) is 4.98 Å². The first-order valence-corrected chi connectivity index (χ1v) is 11.9. The molecule has 2 fully saturated rings. The van der Waals surface area contributed by atoms with Crippen LogP contribution in [0.3, 0.4) is 0 Å². The number of ether oxygens (including phenoxy) is 2. The molecular formula is C22H28N6O3S. The molecule has 3 N–H and O–H groups in total. The summed E-state index contributed by atoms with van der Waals surface area (Å²) in [6.45, 7) is 4.20. The highest BCUT2D eigenvalue weighted by atomic mass is 32.1. The van der Waals surface area contributed by atoms with E-state index in [0.29, 0.717) is 48.6 Å². The van der Waals surface area contributed by atoms with Crippen molar-refractivity contribution in [3.63, 3.8) is 0 Å². The van der Waals surface area contributed by atoms with Gasteiger partial charge in [0.15, 0.2) is 0 Å². The Morgan fingerprint density at radius 1 is 1.34 bits per heavy atom. The average Bonchev–Trinajstić information content (AvgIpc) is 3.23. The molecule has 9 nitrogen and oxygen atoms in total. The molecule has 1 unspecified atom stereocenters. The Kier molecular flexibility index (Phi) is 6.35. The maximum atomic E-state index is 13.4. The molecule has 2 saturated heterocycles. The molecule has 0 saturated carbocycles. The summed E-state index contributed by atoms with van der Waals surface area (Å²) in [5.41, 5.74) is 1.20. The number of anilines is 2. The first-order valence-electron chi connectivity index (χ1n) is 11.0. The van der Waals surface area contributed by atoms with Gasteiger partial charge in [-0.15, -0.1) is 11.3 Å². The number of nitrogens with one attached hydrogen (secondary N) is 3. The Morgan fingerprint density at radius 3 is 3.06 bits per heavy atom. The number of nitrogens with zero attached hydrogens (tertiary/aromatic N) is 3. The van der Waals surface area contributed by atoms with Crippen LogP contribution < -0.4 is 21.1 Å². The summed E-state index contributed by atoms with van der Waals surface area (Å²) in [6.07, 6.45) is 2.07. The van der Waals surface area contributed by atoms with E-state index in [4.69, 9.17) is 19.4 Å². The number of methoxy groups -OCH3 is 1. The van der Waals surface area contributed by atoms with Gasteiger partial charge in [0, 0.05) is 32.8 Å². The van der Waals surface area contributed by atoms with E-state index in [9.17, 15) is 4.79 Å². The molecule has 0 aliphatic carbocycles. The van der Waals surface area contributed by atoms with Gasteiger partial charge in [0.25, 0.3) is 5.56 Å². The van der Waals surface area contributed by atoms with Crippen LogP contribution in [0.2, 0.25) is 0 Å². The van der Waals surface area contributed by atoms with Gasteiger partial charge in [0.05, 0.1) is 29.5 Å². The SMILES string of the molecule is COCC1CN(c2nc(N[C@@H]3CCCNC3)c(-c3nc4ccccc4s3)c(=O)[nH]2)CCO1. The number of piperidine rings is 1. The zero-order valence-electron chi connectivity index (χ0n) is 18.1. The molecule has 10 heteroatoms. The van der Waals surface area contributed by atoms with Crippen LogP contribution in [0.25, 0.3) is 20.8 Å². The fourth-order valence-electron chi connectivity index (χ4n) is 4.26. The Morgan fingerprint density at radius 2 is 2.25 bits per heavy atom. The van der Waals surface area contributed by atoms with Crippen molar-refractivity contribution in [3.05, 3.63) is 34.6 Å². The maximum Gasteiger partial charge on any atom is 0.264 e. The van der Waals surface area contributed by atoms with E-state index in [1.165, 1.54) is 11.3 Å². The van der Waals surface area contributed by atoms with E-state index < -0.39 is 0 Å². The highest BCUT2D eigenvalue weighted by molar-refractivity contribution is 7.21. The highest BCUT2D eigenvalue weighted by Gasteiger charge is 2.26. The van der Waals surface area contributed by atoms with Gasteiger partial charge in [-0.1, -0.05) is 12.1 Å². The molecular weight excluding hydrogens is 428 g/mol. The molecule has 0 bridgehead atoms. The molecule has 32 heavy (non-hydrogen) atoms. The average molecular weight is 457 g/mol. The monoisotopic (exact) mass is 456 g/mol. The number of hydrogen-bond acceptors (Lipinski definition) is 9. The van der Waals surface area contributed by atoms with Crippen molar-refractivity contribution < 1.29 is 9.47 Å². The van der Waals surface area contributed by atoms with Crippen LogP contribution in [-0.4, -0.2) is 73.6 Å². The molecule has 170 valence electrons. The number of fused-ring (bicyclic) bond motifs is 1. The molecule has 3 aromatic rings. The third kappa shape index (κ3) is 4.49. The molecule has 4 heterocycles. The van der Waals surface area contributed by atoms with Gasteiger partial charge in [-0.05, 0) is 31.5 Å². The fourth-order valence-corrected chi connectivity index (χ4v) is 5.27. The Balaban J connectivity index is 1.53. The van der Waals surface area contributed by atoms with E-state index in [1.807, 2.05) is 24.3 Å². The summed E-state index contributed by atoms with van der Waals surface area (Å²) in [6, 6.07) is 8.14. The van der Waals surface area contributed by atoms with Gasteiger partial charge in [-0.3, -0.25) is 9.78 Å². The lowest BCUT2D eigenvalue weighted by Crippen LogP contribution is -2.46. The van der Waals surface area contributed by atoms with Gasteiger partial charge in [-0.2, -0.15) is 4.98 Å². The summed E-state index contributed by atoms with van der Waals surface area (Å²) >= 11 is 1.51. The summed E-state index contributed by atoms with van der Waals surface area (Å²) in [7, 11) is 1.66. The van der Waals surface area contributed by atoms with Crippen LogP contribution in [0.15, 0.2) is 29.1 Å². The molecule has 2 aliphatic rings. The third-order valence-electron chi connectivity index (χ3n) is 5.84. The predicted octanol–water partition coefficient (Wildman–Crippen LogP) is 2.06. The van der Waals surface area contributed by atoms with E-state index in [-0.39, 0.29) is 17.7 Å². The molecule has 0 radical (unpaired) electrons. The number of aromatic nitrogens is 3. The minimum atomic E-state index is -0.185. The normalized spacial score (nSPS) is 21.7. The van der Waals surface area contributed by atoms with E-state index >= 15 is 0 Å². The zero-order valence-corrected chi connectivity index (χ0v) is 18.9. The van der Waals surface area contributed by atoms with Gasteiger partial charge in [0.1, 0.15) is 16.4 Å². The molecule has 2 aromatic heterocycles. The second-order valence-corrected chi connectivity index (χ2v) is 9.21. The lowest BCUT2D eigenvalue weighted by molar-refractivity contribution is -0.0104. The number of thiazole rings is 1. The molecule has 2 atom stereocenters. The number of rotatable bonds is 6. The Bertz CT molecular complexity index is 1090. The zero-order chi connectivity index (χ0) is 21.9. The van der Waals surface area contributed by atoms with Crippen LogP contribution in [-0.2, 0) is 9.47 Å². The van der Waals surface area contributed by atoms with Gasteiger partial charge in [0.2, 0.25) is 5.95 Å². The smallest absolute Gasteiger partial charge is 0.264 e. The Labute approximate surface area is 190 Å². The van der Waals surface area contributed by atoms with Crippen molar-refractivity contribution in [1.82, 2.24) is 20.3 Å². The number of hydrogen-bond donors (Lipinski definition) is 3.